The van der Waals surface area contributed by atoms with Gasteiger partial charge < -0.3 is 18.8 Å². The van der Waals surface area contributed by atoms with Crippen LogP contribution in [0.2, 0.25) is 0 Å². The molecule has 0 radical (unpaired) electrons. The smallest absolute Gasteiger partial charge is 0.336 e. The third-order valence-corrected chi connectivity index (χ3v) is 6.29. The van der Waals surface area contributed by atoms with Gasteiger partial charge in [0.1, 0.15) is 11.3 Å². The maximum atomic E-state index is 12.3. The molecule has 0 N–H and O–H groups in total. The Kier molecular flexibility index (Phi) is 4.98. The van der Waals surface area contributed by atoms with Gasteiger partial charge in [-0.05, 0) is 18.2 Å². The number of benzene rings is 2. The molecule has 1 saturated heterocycles. The number of anilines is 1. The van der Waals surface area contributed by atoms with Gasteiger partial charge in [-0.25, -0.2) is 9.78 Å². The second kappa shape index (κ2) is 7.93. The number of methoxy groups -OCH3 is 1. The third kappa shape index (κ3) is 3.46. The number of aromatic nitrogens is 1. The summed E-state index contributed by atoms with van der Waals surface area (Å²) in [5, 5.41) is 1.75. The number of rotatable bonds is 4. The van der Waals surface area contributed by atoms with Crippen LogP contribution in [-0.4, -0.2) is 38.4 Å². The predicted molar refractivity (Wildman–Crippen MR) is 119 cm³/mol. The number of ether oxygens (including phenoxy) is 2. The quantitative estimate of drug-likeness (QED) is 0.455. The van der Waals surface area contributed by atoms with Gasteiger partial charge in [-0.2, -0.15) is 0 Å². The molecule has 1 fully saturated rings. The second-order valence-corrected chi connectivity index (χ2v) is 7.96. The summed E-state index contributed by atoms with van der Waals surface area (Å²) < 4.78 is 16.3. The molecular formula is C23H20N2O4S. The van der Waals surface area contributed by atoms with Crippen molar-refractivity contribution in [1.82, 2.24) is 4.98 Å². The highest BCUT2D eigenvalue weighted by atomic mass is 32.1. The molecule has 3 heterocycles. The van der Waals surface area contributed by atoms with Crippen LogP contribution in [0.1, 0.15) is 0 Å². The zero-order chi connectivity index (χ0) is 20.5. The van der Waals surface area contributed by atoms with Gasteiger partial charge in [-0.15, -0.1) is 0 Å². The normalized spacial score (nSPS) is 14.2. The van der Waals surface area contributed by atoms with E-state index in [0.29, 0.717) is 24.5 Å². The Hall–Kier alpha value is -3.16. The van der Waals surface area contributed by atoms with Crippen LogP contribution >= 0.6 is 11.3 Å². The van der Waals surface area contributed by atoms with Crippen LogP contribution in [0.15, 0.2) is 63.8 Å². The minimum Gasteiger partial charge on any atom is -0.497 e. The fourth-order valence-electron chi connectivity index (χ4n) is 3.63. The van der Waals surface area contributed by atoms with Gasteiger partial charge in [0.25, 0.3) is 0 Å². The van der Waals surface area contributed by atoms with Crippen LogP contribution in [0, 0.1) is 0 Å². The van der Waals surface area contributed by atoms with Crippen molar-refractivity contribution < 1.29 is 13.9 Å². The molecule has 4 aromatic rings. The van der Waals surface area contributed by atoms with Crippen LogP contribution in [0.4, 0.5) is 5.13 Å². The van der Waals surface area contributed by atoms with Crippen molar-refractivity contribution in [3.8, 4) is 27.4 Å². The van der Waals surface area contributed by atoms with Gasteiger partial charge in [0, 0.05) is 35.7 Å². The maximum Gasteiger partial charge on any atom is 0.336 e. The summed E-state index contributed by atoms with van der Waals surface area (Å²) in [6, 6.07) is 17.0. The molecule has 30 heavy (non-hydrogen) atoms. The number of thiazole rings is 1. The van der Waals surface area contributed by atoms with E-state index in [1.807, 2.05) is 36.4 Å². The molecule has 5 rings (SSSR count). The van der Waals surface area contributed by atoms with E-state index in [9.17, 15) is 4.79 Å². The fourth-order valence-corrected chi connectivity index (χ4v) is 4.80. The van der Waals surface area contributed by atoms with Crippen molar-refractivity contribution in [2.75, 3.05) is 38.3 Å². The first kappa shape index (κ1) is 18.8. The number of fused-ring (bicyclic) bond motifs is 1. The van der Waals surface area contributed by atoms with Crippen LogP contribution < -0.4 is 15.3 Å². The number of hydrogen-bond acceptors (Lipinski definition) is 7. The number of nitrogens with zero attached hydrogens (tertiary/aromatic N) is 2. The lowest BCUT2D eigenvalue weighted by molar-refractivity contribution is 0.122. The third-order valence-electron chi connectivity index (χ3n) is 5.14. The van der Waals surface area contributed by atoms with Crippen molar-refractivity contribution in [1.29, 1.82) is 0 Å². The van der Waals surface area contributed by atoms with Gasteiger partial charge >= 0.3 is 5.63 Å². The first-order valence-corrected chi connectivity index (χ1v) is 10.6. The summed E-state index contributed by atoms with van der Waals surface area (Å²) in [7, 11) is 1.62. The molecule has 0 aliphatic carbocycles. The summed E-state index contributed by atoms with van der Waals surface area (Å²) in [4.78, 5) is 20.5. The van der Waals surface area contributed by atoms with Gasteiger partial charge in [-0.3, -0.25) is 0 Å². The lowest BCUT2D eigenvalue weighted by Crippen LogP contribution is -2.36. The summed E-state index contributed by atoms with van der Waals surface area (Å²) in [5.41, 5.74) is 2.81. The Labute approximate surface area is 177 Å². The minimum atomic E-state index is -0.386. The lowest BCUT2D eigenvalue weighted by Gasteiger charge is -2.26. The van der Waals surface area contributed by atoms with E-state index in [1.165, 1.54) is 0 Å². The molecule has 7 heteroatoms. The molecule has 6 nitrogen and oxygen atoms in total. The second-order valence-electron chi connectivity index (χ2n) is 6.98. The van der Waals surface area contributed by atoms with Crippen LogP contribution in [0.5, 0.6) is 5.75 Å². The molecule has 152 valence electrons. The van der Waals surface area contributed by atoms with E-state index in [-0.39, 0.29) is 5.63 Å². The Morgan fingerprint density at radius 1 is 1.07 bits per heavy atom. The monoisotopic (exact) mass is 420 g/mol. The van der Waals surface area contributed by atoms with Crippen molar-refractivity contribution in [3.05, 3.63) is 65.0 Å². The Morgan fingerprint density at radius 3 is 2.63 bits per heavy atom. The molecule has 0 bridgehead atoms. The Bertz CT molecular complexity index is 1240. The van der Waals surface area contributed by atoms with E-state index >= 15 is 0 Å². The SMILES string of the molecule is COc1ccc2oc(=O)cc(-c3sc(N4CCOCC4)nc3-c3ccccc3)c2c1. The van der Waals surface area contributed by atoms with Crippen LogP contribution in [0.3, 0.4) is 0 Å². The zero-order valence-corrected chi connectivity index (χ0v) is 17.3. The molecule has 0 saturated carbocycles. The topological polar surface area (TPSA) is 64.8 Å². The Morgan fingerprint density at radius 2 is 1.87 bits per heavy atom. The average Bonchev–Trinajstić information content (AvgIpc) is 3.25. The first-order valence-electron chi connectivity index (χ1n) is 9.74. The maximum absolute atomic E-state index is 12.3. The van der Waals surface area contributed by atoms with E-state index in [4.69, 9.17) is 18.9 Å². The minimum absolute atomic E-state index is 0.386. The first-order chi connectivity index (χ1) is 14.7. The fraction of sp³-hybridized carbons (Fsp3) is 0.217. The highest BCUT2D eigenvalue weighted by molar-refractivity contribution is 7.19. The van der Waals surface area contributed by atoms with E-state index < -0.39 is 0 Å². The van der Waals surface area contributed by atoms with Gasteiger partial charge in [0.15, 0.2) is 5.13 Å². The van der Waals surface area contributed by atoms with Crippen molar-refractivity contribution in [3.63, 3.8) is 0 Å². The average molecular weight is 420 g/mol. The van der Waals surface area contributed by atoms with Crippen molar-refractivity contribution >= 4 is 27.4 Å². The van der Waals surface area contributed by atoms with Crippen molar-refractivity contribution in [2.24, 2.45) is 0 Å². The van der Waals surface area contributed by atoms with Gasteiger partial charge in [0.05, 0.1) is 30.9 Å². The van der Waals surface area contributed by atoms with E-state index in [2.05, 4.69) is 4.90 Å². The van der Waals surface area contributed by atoms with Crippen LogP contribution in [0.25, 0.3) is 32.7 Å². The molecule has 0 spiro atoms. The molecule has 0 atom stereocenters. The molecule has 0 amide bonds. The Balaban J connectivity index is 1.75. The lowest BCUT2D eigenvalue weighted by atomic mass is 10.0. The standard InChI is InChI=1S/C23H20N2O4S/c1-27-16-7-8-19-17(13-16)18(14-20(26)29-19)22-21(15-5-3-2-4-6-15)24-23(30-22)25-9-11-28-12-10-25/h2-8,13-14H,9-12H2,1H3. The summed E-state index contributed by atoms with van der Waals surface area (Å²) in [6.45, 7) is 2.97. The summed E-state index contributed by atoms with van der Waals surface area (Å²) in [6.07, 6.45) is 0. The van der Waals surface area contributed by atoms with Gasteiger partial charge in [-0.1, -0.05) is 41.7 Å². The molecule has 2 aromatic heterocycles. The largest absolute Gasteiger partial charge is 0.497 e. The van der Waals surface area contributed by atoms with Crippen LogP contribution in [-0.2, 0) is 4.74 Å². The highest BCUT2D eigenvalue weighted by Crippen LogP contribution is 2.43. The predicted octanol–water partition coefficient (Wildman–Crippen LogP) is 4.43. The molecule has 1 aliphatic rings. The summed E-state index contributed by atoms with van der Waals surface area (Å²) >= 11 is 1.59. The number of hydrogen-bond donors (Lipinski definition) is 0. The number of morpholine rings is 1. The highest BCUT2D eigenvalue weighted by Gasteiger charge is 2.22. The molecule has 0 unspecified atom stereocenters. The molecule has 2 aromatic carbocycles. The van der Waals surface area contributed by atoms with E-state index in [1.54, 1.807) is 36.6 Å². The molecule has 1 aliphatic heterocycles. The van der Waals surface area contributed by atoms with Gasteiger partial charge in [0.2, 0.25) is 0 Å². The van der Waals surface area contributed by atoms with Crippen molar-refractivity contribution in [2.45, 2.75) is 0 Å². The summed E-state index contributed by atoms with van der Waals surface area (Å²) in [5.74, 6) is 0.705. The van der Waals surface area contributed by atoms with E-state index in [0.717, 1.165) is 45.3 Å². The zero-order valence-electron chi connectivity index (χ0n) is 16.5. The molecular weight excluding hydrogens is 400 g/mol.